The van der Waals surface area contributed by atoms with E-state index >= 15 is 0 Å². The van der Waals surface area contributed by atoms with E-state index in [0.29, 0.717) is 5.56 Å². The van der Waals surface area contributed by atoms with Crippen LogP contribution in [-0.2, 0) is 10.0 Å². The van der Waals surface area contributed by atoms with Gasteiger partial charge in [-0.2, -0.15) is 0 Å². The molecular weight excluding hydrogens is 264 g/mol. The van der Waals surface area contributed by atoms with Crippen LogP contribution in [0.15, 0.2) is 23.1 Å². The topological polar surface area (TPSA) is 80.5 Å². The summed E-state index contributed by atoms with van der Waals surface area (Å²) in [5, 5.41) is 5.10. The molecular formula is C13H18N2O3S. The lowest BCUT2D eigenvalue weighted by atomic mass is 9.91. The van der Waals surface area contributed by atoms with E-state index in [9.17, 15) is 13.2 Å². The Kier molecular flexibility index (Phi) is 3.64. The SMILES string of the molecule is Cc1ccc(S(N)(=O)=O)cc1C(=O)N(C)C1CCC1. The molecule has 1 amide bonds. The quantitative estimate of drug-likeness (QED) is 0.906. The smallest absolute Gasteiger partial charge is 0.254 e. The average molecular weight is 282 g/mol. The van der Waals surface area contributed by atoms with Gasteiger partial charge >= 0.3 is 0 Å². The Labute approximate surface area is 113 Å². The third kappa shape index (κ3) is 2.79. The number of carbonyl (C=O) groups excluding carboxylic acids is 1. The van der Waals surface area contributed by atoms with E-state index < -0.39 is 10.0 Å². The van der Waals surface area contributed by atoms with Crippen molar-refractivity contribution >= 4 is 15.9 Å². The third-order valence-electron chi connectivity index (χ3n) is 3.71. The lowest BCUT2D eigenvalue weighted by Crippen LogP contribution is -2.41. The molecule has 0 spiro atoms. The number of aryl methyl sites for hydroxylation is 1. The van der Waals surface area contributed by atoms with Gasteiger partial charge in [0.25, 0.3) is 5.91 Å². The van der Waals surface area contributed by atoms with Crippen LogP contribution in [-0.4, -0.2) is 32.3 Å². The molecule has 0 saturated heterocycles. The second-order valence-corrected chi connectivity index (χ2v) is 6.58. The van der Waals surface area contributed by atoms with E-state index in [2.05, 4.69) is 0 Å². The van der Waals surface area contributed by atoms with Crippen LogP contribution in [0.5, 0.6) is 0 Å². The van der Waals surface area contributed by atoms with Gasteiger partial charge < -0.3 is 4.90 Å². The van der Waals surface area contributed by atoms with Crippen LogP contribution in [0, 0.1) is 6.92 Å². The van der Waals surface area contributed by atoms with Gasteiger partial charge in [0.1, 0.15) is 0 Å². The number of sulfonamides is 1. The summed E-state index contributed by atoms with van der Waals surface area (Å²) in [7, 11) is -2.02. The summed E-state index contributed by atoms with van der Waals surface area (Å²) in [5.41, 5.74) is 1.16. The summed E-state index contributed by atoms with van der Waals surface area (Å²) in [6.45, 7) is 1.79. The maximum absolute atomic E-state index is 12.4. The molecule has 0 radical (unpaired) electrons. The number of rotatable bonds is 3. The highest BCUT2D eigenvalue weighted by Crippen LogP contribution is 2.26. The van der Waals surface area contributed by atoms with Gasteiger partial charge in [0.15, 0.2) is 0 Å². The second-order valence-electron chi connectivity index (χ2n) is 5.02. The molecule has 0 unspecified atom stereocenters. The fourth-order valence-electron chi connectivity index (χ4n) is 2.14. The summed E-state index contributed by atoms with van der Waals surface area (Å²) in [4.78, 5) is 14.0. The van der Waals surface area contributed by atoms with Crippen molar-refractivity contribution in [2.24, 2.45) is 5.14 Å². The van der Waals surface area contributed by atoms with Gasteiger partial charge in [-0.1, -0.05) is 6.07 Å². The molecule has 1 saturated carbocycles. The molecule has 0 aliphatic heterocycles. The largest absolute Gasteiger partial charge is 0.339 e. The molecule has 19 heavy (non-hydrogen) atoms. The van der Waals surface area contributed by atoms with Crippen molar-refractivity contribution in [2.75, 3.05) is 7.05 Å². The molecule has 0 heterocycles. The molecule has 1 aromatic carbocycles. The molecule has 1 fully saturated rings. The molecule has 1 aromatic rings. The Morgan fingerprint density at radius 1 is 1.37 bits per heavy atom. The highest BCUT2D eigenvalue weighted by molar-refractivity contribution is 7.89. The van der Waals surface area contributed by atoms with Gasteiger partial charge in [0.05, 0.1) is 4.90 Å². The predicted octanol–water partition coefficient (Wildman–Crippen LogP) is 1.27. The number of hydrogen-bond acceptors (Lipinski definition) is 3. The average Bonchev–Trinajstić information content (AvgIpc) is 2.24. The van der Waals surface area contributed by atoms with Gasteiger partial charge in [-0.25, -0.2) is 13.6 Å². The van der Waals surface area contributed by atoms with Crippen molar-refractivity contribution < 1.29 is 13.2 Å². The number of carbonyl (C=O) groups is 1. The van der Waals surface area contributed by atoms with E-state index in [-0.39, 0.29) is 16.8 Å². The molecule has 0 bridgehead atoms. The van der Waals surface area contributed by atoms with Crippen molar-refractivity contribution in [3.8, 4) is 0 Å². The second kappa shape index (κ2) is 4.94. The number of hydrogen-bond donors (Lipinski definition) is 1. The van der Waals surface area contributed by atoms with Crippen LogP contribution in [0.4, 0.5) is 0 Å². The maximum Gasteiger partial charge on any atom is 0.254 e. The van der Waals surface area contributed by atoms with Gasteiger partial charge in [-0.05, 0) is 43.9 Å². The van der Waals surface area contributed by atoms with Crippen LogP contribution in [0.25, 0.3) is 0 Å². The molecule has 104 valence electrons. The normalized spacial score (nSPS) is 15.9. The van der Waals surface area contributed by atoms with Crippen molar-refractivity contribution in [3.05, 3.63) is 29.3 Å². The molecule has 1 aliphatic carbocycles. The number of benzene rings is 1. The van der Waals surface area contributed by atoms with Crippen molar-refractivity contribution in [2.45, 2.75) is 37.1 Å². The summed E-state index contributed by atoms with van der Waals surface area (Å²) in [5.74, 6) is -0.146. The molecule has 2 N–H and O–H groups in total. The van der Waals surface area contributed by atoms with Gasteiger partial charge in [0.2, 0.25) is 10.0 Å². The Morgan fingerprint density at radius 2 is 2.00 bits per heavy atom. The first-order chi connectivity index (χ1) is 8.80. The highest BCUT2D eigenvalue weighted by atomic mass is 32.2. The third-order valence-corrected chi connectivity index (χ3v) is 4.62. The number of nitrogens with two attached hydrogens (primary N) is 1. The lowest BCUT2D eigenvalue weighted by Gasteiger charge is -2.35. The van der Waals surface area contributed by atoms with Gasteiger partial charge in [-0.15, -0.1) is 0 Å². The zero-order valence-electron chi connectivity index (χ0n) is 11.1. The summed E-state index contributed by atoms with van der Waals surface area (Å²) in [6, 6.07) is 4.67. The van der Waals surface area contributed by atoms with Crippen LogP contribution in [0.3, 0.4) is 0 Å². The van der Waals surface area contributed by atoms with Gasteiger partial charge in [-0.3, -0.25) is 4.79 Å². The molecule has 1 aliphatic rings. The zero-order valence-corrected chi connectivity index (χ0v) is 11.9. The zero-order chi connectivity index (χ0) is 14.2. The number of amides is 1. The predicted molar refractivity (Wildman–Crippen MR) is 72.3 cm³/mol. The molecule has 6 heteroatoms. The number of nitrogens with zero attached hydrogens (tertiary/aromatic N) is 1. The standard InChI is InChI=1S/C13H18N2O3S/c1-9-6-7-11(19(14,17)18)8-12(9)13(16)15(2)10-4-3-5-10/h6-8,10H,3-5H2,1-2H3,(H2,14,17,18). The lowest BCUT2D eigenvalue weighted by molar-refractivity contribution is 0.0651. The first-order valence-electron chi connectivity index (χ1n) is 6.21. The molecule has 0 atom stereocenters. The fraction of sp³-hybridized carbons (Fsp3) is 0.462. The first kappa shape index (κ1) is 14.0. The Morgan fingerprint density at radius 3 is 2.47 bits per heavy atom. The van der Waals surface area contributed by atoms with Crippen LogP contribution in [0.2, 0.25) is 0 Å². The van der Waals surface area contributed by atoms with E-state index in [1.165, 1.54) is 12.1 Å². The minimum Gasteiger partial charge on any atom is -0.339 e. The first-order valence-corrected chi connectivity index (χ1v) is 7.76. The summed E-state index contributed by atoms with van der Waals surface area (Å²) < 4.78 is 22.7. The Balaban J connectivity index is 2.35. The molecule has 2 rings (SSSR count). The fourth-order valence-corrected chi connectivity index (χ4v) is 2.68. The van der Waals surface area contributed by atoms with E-state index in [4.69, 9.17) is 5.14 Å². The molecule has 0 aromatic heterocycles. The monoisotopic (exact) mass is 282 g/mol. The van der Waals surface area contributed by atoms with E-state index in [0.717, 1.165) is 24.8 Å². The number of primary sulfonamides is 1. The van der Waals surface area contributed by atoms with E-state index in [1.807, 2.05) is 0 Å². The minimum absolute atomic E-state index is 0.0246. The van der Waals surface area contributed by atoms with Crippen molar-refractivity contribution in [1.82, 2.24) is 4.90 Å². The minimum atomic E-state index is -3.78. The summed E-state index contributed by atoms with van der Waals surface area (Å²) in [6.07, 6.45) is 3.16. The van der Waals surface area contributed by atoms with Crippen LogP contribution >= 0.6 is 0 Å². The van der Waals surface area contributed by atoms with Crippen molar-refractivity contribution in [3.63, 3.8) is 0 Å². The Hall–Kier alpha value is -1.40. The Bertz CT molecular complexity index is 606. The van der Waals surface area contributed by atoms with E-state index in [1.54, 1.807) is 24.9 Å². The molecule has 5 nitrogen and oxygen atoms in total. The summed E-state index contributed by atoms with van der Waals surface area (Å²) >= 11 is 0. The van der Waals surface area contributed by atoms with Crippen LogP contribution < -0.4 is 5.14 Å². The van der Waals surface area contributed by atoms with Gasteiger partial charge in [0, 0.05) is 18.7 Å². The highest BCUT2D eigenvalue weighted by Gasteiger charge is 2.27. The maximum atomic E-state index is 12.4. The van der Waals surface area contributed by atoms with Crippen LogP contribution in [0.1, 0.15) is 35.2 Å². The van der Waals surface area contributed by atoms with Crippen molar-refractivity contribution in [1.29, 1.82) is 0 Å².